The Bertz CT molecular complexity index is 904. The number of rotatable bonds is 20. The molecule has 0 unspecified atom stereocenters. The Labute approximate surface area is 225 Å². The monoisotopic (exact) mass is 501 g/mol. The molecule has 3 aromatic rings. The summed E-state index contributed by atoms with van der Waals surface area (Å²) < 4.78 is 6.15. The van der Waals surface area contributed by atoms with E-state index in [1.54, 1.807) is 12.4 Å². The number of aromatic nitrogens is 3. The lowest BCUT2D eigenvalue weighted by Crippen LogP contribution is -2.00. The molecule has 37 heavy (non-hydrogen) atoms. The number of nitrogens with zero attached hydrogens (tertiary/aromatic N) is 3. The van der Waals surface area contributed by atoms with Crippen LogP contribution in [-0.2, 0) is 0 Å². The molecule has 0 amide bonds. The quantitative estimate of drug-likeness (QED) is 0.145. The van der Waals surface area contributed by atoms with Crippen LogP contribution in [-0.4, -0.2) is 21.6 Å². The van der Waals surface area contributed by atoms with E-state index in [4.69, 9.17) is 9.72 Å². The topological polar surface area (TPSA) is 47.9 Å². The maximum absolute atomic E-state index is 6.15. The van der Waals surface area contributed by atoms with E-state index in [2.05, 4.69) is 16.9 Å². The lowest BCUT2D eigenvalue weighted by atomic mass is 10.0. The van der Waals surface area contributed by atoms with Crippen molar-refractivity contribution in [2.75, 3.05) is 6.61 Å². The van der Waals surface area contributed by atoms with E-state index in [1.807, 2.05) is 48.5 Å². The summed E-state index contributed by atoms with van der Waals surface area (Å²) in [5, 5.41) is 0. The third kappa shape index (κ3) is 11.9. The Morgan fingerprint density at radius 2 is 0.946 bits per heavy atom. The van der Waals surface area contributed by atoms with Gasteiger partial charge in [0.25, 0.3) is 0 Å². The van der Waals surface area contributed by atoms with Gasteiger partial charge in [0, 0.05) is 24.5 Å². The summed E-state index contributed by atoms with van der Waals surface area (Å²) in [6, 6.07) is 15.7. The first-order valence-corrected chi connectivity index (χ1v) is 14.8. The van der Waals surface area contributed by atoms with Gasteiger partial charge in [0.2, 0.25) is 0 Å². The zero-order chi connectivity index (χ0) is 25.8. The van der Waals surface area contributed by atoms with Gasteiger partial charge in [-0.25, -0.2) is 4.98 Å². The van der Waals surface area contributed by atoms with Crippen molar-refractivity contribution in [1.29, 1.82) is 0 Å². The van der Waals surface area contributed by atoms with E-state index >= 15 is 0 Å². The molecule has 0 N–H and O–H groups in total. The van der Waals surface area contributed by atoms with Crippen molar-refractivity contribution < 1.29 is 4.74 Å². The van der Waals surface area contributed by atoms with Gasteiger partial charge in [0.1, 0.15) is 5.75 Å². The zero-order valence-electron chi connectivity index (χ0n) is 23.0. The fourth-order valence-corrected chi connectivity index (χ4v) is 4.72. The standard InChI is InChI=1S/C33H47N3O/c1-2-3-4-5-6-7-8-9-10-11-12-13-14-15-16-21-26-37-29-27-32(30-22-17-19-24-34-30)36-33(28-29)31-23-18-20-25-35-31/h17-20,22-25,27-28H,2-16,21,26H2,1H3. The number of pyridine rings is 3. The van der Waals surface area contributed by atoms with E-state index in [0.29, 0.717) is 0 Å². The predicted molar refractivity (Wildman–Crippen MR) is 156 cm³/mol. The molecular weight excluding hydrogens is 454 g/mol. The number of hydrogen-bond donors (Lipinski definition) is 0. The van der Waals surface area contributed by atoms with Gasteiger partial charge in [-0.3, -0.25) is 9.97 Å². The summed E-state index contributed by atoms with van der Waals surface area (Å²) in [6.45, 7) is 3.02. The van der Waals surface area contributed by atoms with Crippen molar-refractivity contribution in [3.8, 4) is 28.5 Å². The molecule has 200 valence electrons. The van der Waals surface area contributed by atoms with E-state index in [1.165, 1.54) is 96.3 Å². The van der Waals surface area contributed by atoms with Gasteiger partial charge >= 0.3 is 0 Å². The molecule has 0 saturated heterocycles. The van der Waals surface area contributed by atoms with Crippen molar-refractivity contribution in [3.05, 3.63) is 60.9 Å². The first-order chi connectivity index (χ1) is 18.4. The molecule has 0 saturated carbocycles. The summed E-state index contributed by atoms with van der Waals surface area (Å²) in [5.41, 5.74) is 3.30. The van der Waals surface area contributed by atoms with Crippen LogP contribution in [0.1, 0.15) is 110 Å². The fourth-order valence-electron chi connectivity index (χ4n) is 4.72. The smallest absolute Gasteiger partial charge is 0.123 e. The number of unbranched alkanes of at least 4 members (excludes halogenated alkanes) is 15. The minimum absolute atomic E-state index is 0.728. The van der Waals surface area contributed by atoms with Gasteiger partial charge in [0.05, 0.1) is 29.4 Å². The molecule has 3 aromatic heterocycles. The Kier molecular flexibility index (Phi) is 14.4. The van der Waals surface area contributed by atoms with E-state index in [0.717, 1.165) is 41.6 Å². The van der Waals surface area contributed by atoms with Crippen LogP contribution in [0.4, 0.5) is 0 Å². The van der Waals surface area contributed by atoms with Crippen LogP contribution in [0.25, 0.3) is 22.8 Å². The number of hydrogen-bond acceptors (Lipinski definition) is 4. The van der Waals surface area contributed by atoms with Crippen LogP contribution in [0, 0.1) is 0 Å². The van der Waals surface area contributed by atoms with Crippen LogP contribution in [0.15, 0.2) is 60.9 Å². The van der Waals surface area contributed by atoms with Gasteiger partial charge in [0.15, 0.2) is 0 Å². The van der Waals surface area contributed by atoms with Crippen molar-refractivity contribution >= 4 is 0 Å². The van der Waals surface area contributed by atoms with E-state index in [9.17, 15) is 0 Å². The second-order valence-corrected chi connectivity index (χ2v) is 10.2. The summed E-state index contributed by atoms with van der Waals surface area (Å²) in [5.74, 6) is 0.831. The van der Waals surface area contributed by atoms with Gasteiger partial charge in [-0.15, -0.1) is 0 Å². The Balaban J connectivity index is 1.28. The second-order valence-electron chi connectivity index (χ2n) is 10.2. The highest BCUT2D eigenvalue weighted by atomic mass is 16.5. The molecular formula is C33H47N3O. The summed E-state index contributed by atoms with van der Waals surface area (Å²) in [6.07, 6.45) is 25.6. The average Bonchev–Trinajstić information content (AvgIpc) is 2.95. The summed E-state index contributed by atoms with van der Waals surface area (Å²) in [4.78, 5) is 13.7. The van der Waals surface area contributed by atoms with Crippen LogP contribution >= 0.6 is 0 Å². The van der Waals surface area contributed by atoms with Crippen molar-refractivity contribution in [1.82, 2.24) is 15.0 Å². The van der Waals surface area contributed by atoms with Crippen molar-refractivity contribution in [3.63, 3.8) is 0 Å². The second kappa shape index (κ2) is 18.5. The molecule has 0 aliphatic carbocycles. The zero-order valence-corrected chi connectivity index (χ0v) is 23.0. The lowest BCUT2D eigenvalue weighted by molar-refractivity contribution is 0.304. The van der Waals surface area contributed by atoms with Crippen molar-refractivity contribution in [2.24, 2.45) is 0 Å². The summed E-state index contributed by atoms with van der Waals surface area (Å²) >= 11 is 0. The Morgan fingerprint density at radius 3 is 1.35 bits per heavy atom. The normalized spacial score (nSPS) is 11.1. The molecule has 0 aliphatic rings. The predicted octanol–water partition coefficient (Wildman–Crippen LogP) is 9.85. The maximum atomic E-state index is 6.15. The van der Waals surface area contributed by atoms with Crippen LogP contribution < -0.4 is 4.74 Å². The third-order valence-electron chi connectivity index (χ3n) is 6.92. The van der Waals surface area contributed by atoms with Crippen LogP contribution in [0.2, 0.25) is 0 Å². The maximum Gasteiger partial charge on any atom is 0.123 e. The van der Waals surface area contributed by atoms with Crippen LogP contribution in [0.5, 0.6) is 5.75 Å². The first-order valence-electron chi connectivity index (χ1n) is 14.8. The Hall–Kier alpha value is -2.75. The van der Waals surface area contributed by atoms with E-state index in [-0.39, 0.29) is 0 Å². The minimum Gasteiger partial charge on any atom is -0.493 e. The van der Waals surface area contributed by atoms with Gasteiger partial charge in [-0.05, 0) is 30.7 Å². The third-order valence-corrected chi connectivity index (χ3v) is 6.92. The molecule has 0 radical (unpaired) electrons. The molecule has 4 nitrogen and oxygen atoms in total. The molecule has 4 heteroatoms. The number of ether oxygens (including phenoxy) is 1. The Morgan fingerprint density at radius 1 is 0.514 bits per heavy atom. The SMILES string of the molecule is CCCCCCCCCCCCCCCCCCOc1cc(-c2ccccn2)nc(-c2ccccn2)c1. The van der Waals surface area contributed by atoms with Crippen LogP contribution in [0.3, 0.4) is 0 Å². The molecule has 0 aliphatic heterocycles. The highest BCUT2D eigenvalue weighted by molar-refractivity contribution is 5.64. The first kappa shape index (κ1) is 28.8. The molecule has 0 bridgehead atoms. The van der Waals surface area contributed by atoms with Gasteiger partial charge in [-0.2, -0.15) is 0 Å². The largest absolute Gasteiger partial charge is 0.493 e. The van der Waals surface area contributed by atoms with Gasteiger partial charge < -0.3 is 4.74 Å². The average molecular weight is 502 g/mol. The molecule has 3 heterocycles. The summed E-state index contributed by atoms with van der Waals surface area (Å²) in [7, 11) is 0. The highest BCUT2D eigenvalue weighted by Crippen LogP contribution is 2.26. The minimum atomic E-state index is 0.728. The molecule has 0 atom stereocenters. The van der Waals surface area contributed by atoms with Crippen molar-refractivity contribution in [2.45, 2.75) is 110 Å². The fraction of sp³-hybridized carbons (Fsp3) is 0.545. The molecule has 0 spiro atoms. The van der Waals surface area contributed by atoms with Gasteiger partial charge in [-0.1, -0.05) is 115 Å². The molecule has 3 rings (SSSR count). The molecule has 0 aromatic carbocycles. The van der Waals surface area contributed by atoms with E-state index < -0.39 is 0 Å². The lowest BCUT2D eigenvalue weighted by Gasteiger charge is -2.10. The molecule has 0 fully saturated rings. The highest BCUT2D eigenvalue weighted by Gasteiger charge is 2.09.